The predicted molar refractivity (Wildman–Crippen MR) is 140 cm³/mol. The predicted octanol–water partition coefficient (Wildman–Crippen LogP) is 4.39. The van der Waals surface area contributed by atoms with E-state index in [0.29, 0.717) is 6.61 Å². The lowest BCUT2D eigenvalue weighted by atomic mass is 9.96. The van der Waals surface area contributed by atoms with Crippen LogP contribution in [0.1, 0.15) is 16.7 Å². The van der Waals surface area contributed by atoms with Gasteiger partial charge in [-0.25, -0.2) is 0 Å². The zero-order valence-electron chi connectivity index (χ0n) is 21.0. The van der Waals surface area contributed by atoms with Crippen LogP contribution in [0.5, 0.6) is 0 Å². The van der Waals surface area contributed by atoms with E-state index < -0.39 is 35.6 Å². The SMILES string of the molecule is C#CCOC1O[C@H](COCc2ccccc2)[C@H](OCc2ccccc2)[C@H](OCc2ccccc2)[C@H]1[N+](=O)[O-]. The van der Waals surface area contributed by atoms with Crippen molar-refractivity contribution in [3.05, 3.63) is 118 Å². The van der Waals surface area contributed by atoms with Crippen molar-refractivity contribution in [3.63, 3.8) is 0 Å². The molecule has 1 saturated heterocycles. The number of nitro groups is 1. The zero-order valence-corrected chi connectivity index (χ0v) is 21.0. The van der Waals surface area contributed by atoms with E-state index in [0.717, 1.165) is 16.7 Å². The summed E-state index contributed by atoms with van der Waals surface area (Å²) < 4.78 is 30.2. The maximum Gasteiger partial charge on any atom is 0.291 e. The summed E-state index contributed by atoms with van der Waals surface area (Å²) in [6.07, 6.45) is 1.64. The molecular formula is C30H31NO7. The average Bonchev–Trinajstić information content (AvgIpc) is 2.95. The van der Waals surface area contributed by atoms with Gasteiger partial charge in [-0.15, -0.1) is 6.42 Å². The monoisotopic (exact) mass is 517 g/mol. The molecule has 1 fully saturated rings. The molecule has 198 valence electrons. The van der Waals surface area contributed by atoms with E-state index in [-0.39, 0.29) is 26.4 Å². The third kappa shape index (κ3) is 7.71. The fraction of sp³-hybridized carbons (Fsp3) is 0.333. The molecule has 4 rings (SSSR count). The van der Waals surface area contributed by atoms with Crippen molar-refractivity contribution in [3.8, 4) is 12.3 Å². The van der Waals surface area contributed by atoms with Gasteiger partial charge >= 0.3 is 0 Å². The minimum atomic E-state index is -1.36. The standard InChI is InChI=1S/C30H31NO7/c1-2-18-35-30-27(31(32)33)29(37-21-25-16-10-5-11-17-25)28(36-20-24-14-8-4-9-15-24)26(38-30)22-34-19-23-12-6-3-7-13-23/h1,3-17,26-30H,18-22H2/t26-,27-,28+,29-,30?/m1/s1. The van der Waals surface area contributed by atoms with Crippen molar-refractivity contribution in [2.45, 2.75) is 50.5 Å². The number of ether oxygens (including phenoxy) is 5. The van der Waals surface area contributed by atoms with Crippen molar-refractivity contribution in [2.75, 3.05) is 13.2 Å². The van der Waals surface area contributed by atoms with Crippen LogP contribution in [0.4, 0.5) is 0 Å². The number of terminal acetylenes is 1. The summed E-state index contributed by atoms with van der Waals surface area (Å²) in [6, 6.07) is 27.4. The van der Waals surface area contributed by atoms with Gasteiger partial charge in [0.05, 0.1) is 26.4 Å². The summed E-state index contributed by atoms with van der Waals surface area (Å²) in [5.41, 5.74) is 2.78. The van der Waals surface area contributed by atoms with Crippen molar-refractivity contribution < 1.29 is 28.6 Å². The van der Waals surface area contributed by atoms with Gasteiger partial charge in [-0.2, -0.15) is 0 Å². The van der Waals surface area contributed by atoms with Gasteiger partial charge in [-0.1, -0.05) is 96.9 Å². The van der Waals surface area contributed by atoms with Gasteiger partial charge in [-0.05, 0) is 16.7 Å². The Morgan fingerprint density at radius 1 is 0.763 bits per heavy atom. The van der Waals surface area contributed by atoms with Crippen LogP contribution in [0.3, 0.4) is 0 Å². The highest BCUT2D eigenvalue weighted by molar-refractivity contribution is 5.15. The molecule has 0 N–H and O–H groups in total. The summed E-state index contributed by atoms with van der Waals surface area (Å²) in [6.45, 7) is 0.680. The van der Waals surface area contributed by atoms with Gasteiger partial charge in [-0.3, -0.25) is 10.1 Å². The molecule has 0 aliphatic carbocycles. The molecule has 3 aromatic rings. The highest BCUT2D eigenvalue weighted by Crippen LogP contribution is 2.30. The number of hydrogen-bond donors (Lipinski definition) is 0. The lowest BCUT2D eigenvalue weighted by Crippen LogP contribution is -2.63. The normalized spacial score (nSPS) is 23.0. The number of nitrogens with zero attached hydrogens (tertiary/aromatic N) is 1. The Labute approximate surface area is 222 Å². The summed E-state index contributed by atoms with van der Waals surface area (Å²) in [5, 5.41) is 12.3. The molecule has 1 heterocycles. The van der Waals surface area contributed by atoms with Gasteiger partial charge < -0.3 is 23.7 Å². The first-order chi connectivity index (χ1) is 18.7. The van der Waals surface area contributed by atoms with E-state index in [1.54, 1.807) is 0 Å². The molecule has 1 unspecified atom stereocenters. The maximum absolute atomic E-state index is 12.3. The van der Waals surface area contributed by atoms with Crippen LogP contribution in [-0.4, -0.2) is 48.8 Å². The maximum atomic E-state index is 12.3. The quantitative estimate of drug-likeness (QED) is 0.189. The smallest absolute Gasteiger partial charge is 0.291 e. The second kappa shape index (κ2) is 14.4. The molecule has 0 aromatic heterocycles. The Morgan fingerprint density at radius 2 is 1.26 bits per heavy atom. The van der Waals surface area contributed by atoms with Crippen molar-refractivity contribution >= 4 is 0 Å². The number of hydrogen-bond acceptors (Lipinski definition) is 7. The summed E-state index contributed by atoms with van der Waals surface area (Å²) in [7, 11) is 0. The fourth-order valence-electron chi connectivity index (χ4n) is 4.31. The number of rotatable bonds is 13. The van der Waals surface area contributed by atoms with Crippen LogP contribution in [0.2, 0.25) is 0 Å². The summed E-state index contributed by atoms with van der Waals surface area (Å²) in [4.78, 5) is 11.9. The minimum Gasteiger partial charge on any atom is -0.374 e. The van der Waals surface area contributed by atoms with Crippen LogP contribution in [0.15, 0.2) is 91.0 Å². The van der Waals surface area contributed by atoms with E-state index in [4.69, 9.17) is 30.1 Å². The Bertz CT molecular complexity index is 1150. The van der Waals surface area contributed by atoms with Gasteiger partial charge in [0.25, 0.3) is 6.04 Å². The molecule has 0 saturated carbocycles. The van der Waals surface area contributed by atoms with E-state index in [2.05, 4.69) is 5.92 Å². The second-order valence-corrected chi connectivity index (χ2v) is 8.86. The molecule has 5 atom stereocenters. The lowest BCUT2D eigenvalue weighted by molar-refractivity contribution is -0.576. The average molecular weight is 518 g/mol. The minimum absolute atomic E-state index is 0.111. The number of benzene rings is 3. The Morgan fingerprint density at radius 3 is 1.76 bits per heavy atom. The van der Waals surface area contributed by atoms with Gasteiger partial charge in [0.1, 0.15) is 18.8 Å². The first kappa shape index (κ1) is 27.5. The molecule has 0 radical (unpaired) electrons. The van der Waals surface area contributed by atoms with Gasteiger partial charge in [0.2, 0.25) is 6.29 Å². The highest BCUT2D eigenvalue weighted by atomic mass is 16.7. The summed E-state index contributed by atoms with van der Waals surface area (Å²) in [5.74, 6) is 2.36. The topological polar surface area (TPSA) is 89.3 Å². The first-order valence-corrected chi connectivity index (χ1v) is 12.4. The Kier molecular flexibility index (Phi) is 10.4. The first-order valence-electron chi connectivity index (χ1n) is 12.4. The Hall–Kier alpha value is -3.58. The fourth-order valence-corrected chi connectivity index (χ4v) is 4.31. The van der Waals surface area contributed by atoms with E-state index in [9.17, 15) is 10.1 Å². The van der Waals surface area contributed by atoms with Gasteiger partial charge in [0, 0.05) is 4.92 Å². The van der Waals surface area contributed by atoms with Gasteiger partial charge in [0.15, 0.2) is 6.10 Å². The third-order valence-corrected chi connectivity index (χ3v) is 6.15. The van der Waals surface area contributed by atoms with E-state index >= 15 is 0 Å². The lowest BCUT2D eigenvalue weighted by Gasteiger charge is -2.42. The molecule has 8 heteroatoms. The van der Waals surface area contributed by atoms with Crippen LogP contribution in [0, 0.1) is 22.5 Å². The summed E-state index contributed by atoms with van der Waals surface area (Å²) >= 11 is 0. The largest absolute Gasteiger partial charge is 0.374 e. The molecule has 38 heavy (non-hydrogen) atoms. The molecule has 0 bridgehead atoms. The van der Waals surface area contributed by atoms with Crippen LogP contribution >= 0.6 is 0 Å². The molecule has 8 nitrogen and oxygen atoms in total. The zero-order chi connectivity index (χ0) is 26.6. The van der Waals surface area contributed by atoms with E-state index in [1.165, 1.54) is 0 Å². The van der Waals surface area contributed by atoms with Crippen LogP contribution in [-0.2, 0) is 43.5 Å². The van der Waals surface area contributed by atoms with Crippen molar-refractivity contribution in [1.82, 2.24) is 0 Å². The van der Waals surface area contributed by atoms with Crippen molar-refractivity contribution in [2.24, 2.45) is 0 Å². The molecule has 0 amide bonds. The Balaban J connectivity index is 1.58. The van der Waals surface area contributed by atoms with Crippen LogP contribution in [0.25, 0.3) is 0 Å². The molecule has 1 aliphatic rings. The molecule has 3 aromatic carbocycles. The second-order valence-electron chi connectivity index (χ2n) is 8.86. The molecular weight excluding hydrogens is 486 g/mol. The van der Waals surface area contributed by atoms with E-state index in [1.807, 2.05) is 91.0 Å². The van der Waals surface area contributed by atoms with Crippen LogP contribution < -0.4 is 0 Å². The molecule has 1 aliphatic heterocycles. The third-order valence-electron chi connectivity index (χ3n) is 6.15. The highest BCUT2D eigenvalue weighted by Gasteiger charge is 2.54. The van der Waals surface area contributed by atoms with Crippen molar-refractivity contribution in [1.29, 1.82) is 0 Å². The molecule has 0 spiro atoms.